The van der Waals surface area contributed by atoms with Gasteiger partial charge in [0.2, 0.25) is 0 Å². The van der Waals surface area contributed by atoms with Gasteiger partial charge in [0.1, 0.15) is 0 Å². The monoisotopic (exact) mass is 202 g/mol. The normalized spacial score (nSPS) is 14.2. The van der Waals surface area contributed by atoms with Crippen molar-refractivity contribution in [3.63, 3.8) is 0 Å². The predicted octanol–water partition coefficient (Wildman–Crippen LogP) is 3.52. The molecule has 2 unspecified atom stereocenters. The molecule has 1 aromatic rings. The Labute approximate surface area is 92.0 Å². The number of nitriles is 1. The van der Waals surface area contributed by atoms with Gasteiger partial charge in [0, 0.05) is 17.8 Å². The van der Waals surface area contributed by atoms with Gasteiger partial charge in [-0.2, -0.15) is 5.26 Å². The fourth-order valence-corrected chi connectivity index (χ4v) is 1.70. The van der Waals surface area contributed by atoms with E-state index < -0.39 is 0 Å². The molecule has 0 aliphatic heterocycles. The van der Waals surface area contributed by atoms with Gasteiger partial charge in [-0.25, -0.2) is 0 Å². The van der Waals surface area contributed by atoms with E-state index in [1.54, 1.807) is 6.20 Å². The molecule has 1 aromatic heterocycles. The van der Waals surface area contributed by atoms with E-state index in [4.69, 9.17) is 5.26 Å². The van der Waals surface area contributed by atoms with Crippen molar-refractivity contribution in [2.45, 2.75) is 39.0 Å². The number of aromatic nitrogens is 1. The van der Waals surface area contributed by atoms with E-state index in [-0.39, 0.29) is 11.8 Å². The highest BCUT2D eigenvalue weighted by atomic mass is 14.7. The van der Waals surface area contributed by atoms with Gasteiger partial charge in [-0.1, -0.05) is 32.8 Å². The summed E-state index contributed by atoms with van der Waals surface area (Å²) in [4.78, 5) is 4.30. The van der Waals surface area contributed by atoms with Crippen LogP contribution in [0.25, 0.3) is 0 Å². The van der Waals surface area contributed by atoms with Crippen LogP contribution in [-0.2, 0) is 0 Å². The van der Waals surface area contributed by atoms with Crippen LogP contribution in [0.2, 0.25) is 0 Å². The minimum absolute atomic E-state index is 0.0971. The fourth-order valence-electron chi connectivity index (χ4n) is 1.70. The summed E-state index contributed by atoms with van der Waals surface area (Å²) in [7, 11) is 0. The standard InChI is InChI=1S/C13H18N2/c1-3-4-7-12(10-14)11(2)13-8-5-6-9-15-13/h5-6,8-9,11-12H,3-4,7H2,1-2H3. The van der Waals surface area contributed by atoms with Crippen molar-refractivity contribution in [3.8, 4) is 6.07 Å². The molecule has 0 bridgehead atoms. The molecule has 0 saturated carbocycles. The van der Waals surface area contributed by atoms with Crippen molar-refractivity contribution < 1.29 is 0 Å². The Bertz CT molecular complexity index is 313. The van der Waals surface area contributed by atoms with Gasteiger partial charge in [0.25, 0.3) is 0 Å². The van der Waals surface area contributed by atoms with Gasteiger partial charge < -0.3 is 0 Å². The Morgan fingerprint density at radius 1 is 1.47 bits per heavy atom. The maximum Gasteiger partial charge on any atom is 0.0662 e. The van der Waals surface area contributed by atoms with Crippen molar-refractivity contribution in [3.05, 3.63) is 30.1 Å². The third-order valence-electron chi connectivity index (χ3n) is 2.79. The number of hydrogen-bond acceptors (Lipinski definition) is 2. The van der Waals surface area contributed by atoms with E-state index in [1.807, 2.05) is 18.2 Å². The summed E-state index contributed by atoms with van der Waals surface area (Å²) in [6.07, 6.45) is 5.04. The summed E-state index contributed by atoms with van der Waals surface area (Å²) in [6.45, 7) is 4.24. The first-order chi connectivity index (χ1) is 7.29. The number of pyridine rings is 1. The first kappa shape index (κ1) is 11.7. The molecule has 0 radical (unpaired) electrons. The summed E-state index contributed by atoms with van der Waals surface area (Å²) in [5.74, 6) is 0.336. The number of unbranched alkanes of at least 4 members (excludes halogenated alkanes) is 1. The second-order valence-electron chi connectivity index (χ2n) is 3.92. The molecule has 0 saturated heterocycles. The lowest BCUT2D eigenvalue weighted by atomic mass is 9.88. The molecule has 15 heavy (non-hydrogen) atoms. The van der Waals surface area contributed by atoms with Crippen LogP contribution in [0.15, 0.2) is 24.4 Å². The highest BCUT2D eigenvalue weighted by molar-refractivity contribution is 5.12. The van der Waals surface area contributed by atoms with Crippen molar-refractivity contribution in [1.82, 2.24) is 4.98 Å². The molecular formula is C13H18N2. The van der Waals surface area contributed by atoms with Crippen LogP contribution in [0.4, 0.5) is 0 Å². The molecule has 0 amide bonds. The Balaban J connectivity index is 2.66. The van der Waals surface area contributed by atoms with E-state index in [9.17, 15) is 0 Å². The summed E-state index contributed by atoms with van der Waals surface area (Å²) < 4.78 is 0. The van der Waals surface area contributed by atoms with E-state index in [0.717, 1.165) is 25.0 Å². The molecule has 1 heterocycles. The molecule has 80 valence electrons. The third kappa shape index (κ3) is 3.36. The van der Waals surface area contributed by atoms with E-state index in [1.165, 1.54) is 0 Å². The summed E-state index contributed by atoms with van der Waals surface area (Å²) in [6, 6.07) is 8.28. The largest absolute Gasteiger partial charge is 0.261 e. The zero-order valence-electron chi connectivity index (χ0n) is 9.48. The molecule has 0 spiro atoms. The Kier molecular flexibility index (Phi) is 4.83. The highest BCUT2D eigenvalue weighted by Gasteiger charge is 2.18. The average Bonchev–Trinajstić information content (AvgIpc) is 2.31. The third-order valence-corrected chi connectivity index (χ3v) is 2.79. The van der Waals surface area contributed by atoms with Gasteiger partial charge >= 0.3 is 0 Å². The second-order valence-corrected chi connectivity index (χ2v) is 3.92. The van der Waals surface area contributed by atoms with Crippen molar-refractivity contribution in [2.24, 2.45) is 5.92 Å². The van der Waals surface area contributed by atoms with E-state index in [0.29, 0.717) is 0 Å². The highest BCUT2D eigenvalue weighted by Crippen LogP contribution is 2.25. The molecule has 1 rings (SSSR count). The van der Waals surface area contributed by atoms with Crippen LogP contribution < -0.4 is 0 Å². The topological polar surface area (TPSA) is 36.7 Å². The number of rotatable bonds is 5. The SMILES string of the molecule is CCCCC(C#N)C(C)c1ccccn1. The molecule has 0 N–H and O–H groups in total. The predicted molar refractivity (Wildman–Crippen MR) is 61.3 cm³/mol. The quantitative estimate of drug-likeness (QED) is 0.732. The number of nitrogens with zero attached hydrogens (tertiary/aromatic N) is 2. The molecule has 2 nitrogen and oxygen atoms in total. The molecular weight excluding hydrogens is 184 g/mol. The van der Waals surface area contributed by atoms with Crippen LogP contribution in [0.1, 0.15) is 44.7 Å². The second kappa shape index (κ2) is 6.19. The van der Waals surface area contributed by atoms with Gasteiger partial charge in [0.15, 0.2) is 0 Å². The minimum atomic E-state index is 0.0971. The molecule has 0 aromatic carbocycles. The number of hydrogen-bond donors (Lipinski definition) is 0. The van der Waals surface area contributed by atoms with Crippen LogP contribution >= 0.6 is 0 Å². The van der Waals surface area contributed by atoms with Crippen LogP contribution in [0, 0.1) is 17.2 Å². The molecule has 0 aliphatic rings. The van der Waals surface area contributed by atoms with Gasteiger partial charge in [-0.05, 0) is 18.6 Å². The van der Waals surface area contributed by atoms with Crippen molar-refractivity contribution in [2.75, 3.05) is 0 Å². The van der Waals surface area contributed by atoms with Crippen molar-refractivity contribution >= 4 is 0 Å². The first-order valence-electron chi connectivity index (χ1n) is 5.60. The van der Waals surface area contributed by atoms with E-state index in [2.05, 4.69) is 24.9 Å². The van der Waals surface area contributed by atoms with Crippen molar-refractivity contribution in [1.29, 1.82) is 5.26 Å². The van der Waals surface area contributed by atoms with Gasteiger partial charge in [-0.3, -0.25) is 4.98 Å². The van der Waals surface area contributed by atoms with Gasteiger partial charge in [0.05, 0.1) is 12.0 Å². The maximum absolute atomic E-state index is 9.11. The summed E-state index contributed by atoms with van der Waals surface area (Å²) in [5, 5.41) is 9.11. The lowest BCUT2D eigenvalue weighted by Crippen LogP contribution is -2.09. The zero-order chi connectivity index (χ0) is 11.1. The minimum Gasteiger partial charge on any atom is -0.261 e. The average molecular weight is 202 g/mol. The smallest absolute Gasteiger partial charge is 0.0662 e. The van der Waals surface area contributed by atoms with E-state index >= 15 is 0 Å². The maximum atomic E-state index is 9.11. The Morgan fingerprint density at radius 3 is 2.80 bits per heavy atom. The molecule has 2 heteroatoms. The van der Waals surface area contributed by atoms with Crippen LogP contribution in [0.3, 0.4) is 0 Å². The van der Waals surface area contributed by atoms with Crippen LogP contribution in [-0.4, -0.2) is 4.98 Å². The lowest BCUT2D eigenvalue weighted by Gasteiger charge is -2.16. The molecule has 2 atom stereocenters. The lowest BCUT2D eigenvalue weighted by molar-refractivity contribution is 0.484. The van der Waals surface area contributed by atoms with Crippen LogP contribution in [0.5, 0.6) is 0 Å². The van der Waals surface area contributed by atoms with Gasteiger partial charge in [-0.15, -0.1) is 0 Å². The fraction of sp³-hybridized carbons (Fsp3) is 0.538. The Morgan fingerprint density at radius 2 is 2.27 bits per heavy atom. The first-order valence-corrected chi connectivity index (χ1v) is 5.60. The molecule has 0 fully saturated rings. The summed E-state index contributed by atoms with van der Waals surface area (Å²) in [5.41, 5.74) is 1.03. The summed E-state index contributed by atoms with van der Waals surface area (Å²) >= 11 is 0. The molecule has 0 aliphatic carbocycles. The Hall–Kier alpha value is -1.36. The zero-order valence-corrected chi connectivity index (χ0v) is 9.48.